The lowest BCUT2D eigenvalue weighted by Crippen LogP contribution is -2.30. The summed E-state index contributed by atoms with van der Waals surface area (Å²) in [5, 5.41) is 27.4. The molecule has 0 spiro atoms. The van der Waals surface area contributed by atoms with Crippen LogP contribution >= 0.6 is 0 Å². The van der Waals surface area contributed by atoms with E-state index in [1.807, 2.05) is 54.6 Å². The molecule has 330 valence electrons. The highest BCUT2D eigenvalue weighted by molar-refractivity contribution is 6.05. The summed E-state index contributed by atoms with van der Waals surface area (Å²) in [6.07, 6.45) is 0. The van der Waals surface area contributed by atoms with Crippen molar-refractivity contribution in [3.63, 3.8) is 0 Å². The van der Waals surface area contributed by atoms with Gasteiger partial charge >= 0.3 is 5.97 Å². The second-order valence-corrected chi connectivity index (χ2v) is 15.2. The molecule has 0 aromatic heterocycles. The van der Waals surface area contributed by atoms with Crippen LogP contribution in [0.1, 0.15) is 49.3 Å². The van der Waals surface area contributed by atoms with Gasteiger partial charge in [0, 0.05) is 38.9 Å². The molecule has 4 bridgehead atoms. The average Bonchev–Trinajstić information content (AvgIpc) is 3.56. The van der Waals surface area contributed by atoms with Gasteiger partial charge in [0.15, 0.2) is 5.60 Å². The van der Waals surface area contributed by atoms with E-state index in [0.29, 0.717) is 124 Å². The number of hydrogen-bond acceptors (Lipinski definition) is 14. The molecular formula is C48H54O14. The van der Waals surface area contributed by atoms with E-state index in [4.69, 9.17) is 52.1 Å². The Labute approximate surface area is 360 Å². The zero-order valence-corrected chi connectivity index (χ0v) is 34.9. The number of carbonyl (C=O) groups is 1. The number of benzene rings is 5. The first-order valence-electron chi connectivity index (χ1n) is 21.2. The minimum absolute atomic E-state index is 0.000623. The van der Waals surface area contributed by atoms with Crippen molar-refractivity contribution in [2.24, 2.45) is 0 Å². The Hall–Kier alpha value is -4.71. The topological polar surface area (TPSA) is 159 Å². The van der Waals surface area contributed by atoms with Crippen molar-refractivity contribution in [2.75, 3.05) is 106 Å². The SMILES string of the molecule is O=C1OC(c2cc3c(O)c(c2)COCCOCCOCCOCCOC3)(c2cc3c(O)c(c2)COCCOCCOCCOCCOC3)c2cc3cc4ccccc4cc3cc21. The lowest BCUT2D eigenvalue weighted by molar-refractivity contribution is -0.0149. The number of fused-ring (bicyclic) bond motifs is 7. The monoisotopic (exact) mass is 854 g/mol. The van der Waals surface area contributed by atoms with E-state index in [1.165, 1.54) is 0 Å². The van der Waals surface area contributed by atoms with Crippen molar-refractivity contribution in [3.05, 3.63) is 117 Å². The summed E-state index contributed by atoms with van der Waals surface area (Å²) < 4.78 is 64.9. The first kappa shape index (κ1) is 43.9. The number of phenols is 2. The van der Waals surface area contributed by atoms with Crippen LogP contribution in [-0.4, -0.2) is 122 Å². The molecule has 14 nitrogen and oxygen atoms in total. The van der Waals surface area contributed by atoms with Crippen molar-refractivity contribution in [2.45, 2.75) is 32.0 Å². The number of cyclic esters (lactones) is 1. The highest BCUT2D eigenvalue weighted by atomic mass is 16.6. The number of rotatable bonds is 2. The van der Waals surface area contributed by atoms with Gasteiger partial charge in [-0.15, -0.1) is 0 Å². The third kappa shape index (κ3) is 10.4. The molecule has 3 aliphatic heterocycles. The van der Waals surface area contributed by atoms with Crippen molar-refractivity contribution in [3.8, 4) is 11.5 Å². The summed E-state index contributed by atoms with van der Waals surface area (Å²) in [4.78, 5) is 14.5. The maximum atomic E-state index is 14.5. The van der Waals surface area contributed by atoms with Gasteiger partial charge in [-0.2, -0.15) is 0 Å². The Bertz CT molecular complexity index is 2130. The van der Waals surface area contributed by atoms with E-state index in [1.54, 1.807) is 0 Å². The van der Waals surface area contributed by atoms with Crippen LogP contribution in [0.15, 0.2) is 72.8 Å². The van der Waals surface area contributed by atoms with Crippen molar-refractivity contribution < 1.29 is 67.1 Å². The van der Waals surface area contributed by atoms with Gasteiger partial charge in [0.25, 0.3) is 0 Å². The number of phenolic OH excluding ortho intramolecular Hbond substituents is 2. The molecule has 5 aromatic rings. The molecule has 0 amide bonds. The summed E-state index contributed by atoms with van der Waals surface area (Å²) in [6.45, 7) is 5.76. The van der Waals surface area contributed by atoms with Gasteiger partial charge in [0.1, 0.15) is 11.5 Å². The zero-order chi connectivity index (χ0) is 42.6. The van der Waals surface area contributed by atoms with E-state index < -0.39 is 11.6 Å². The molecule has 0 saturated heterocycles. The Balaban J connectivity index is 1.27. The minimum Gasteiger partial charge on any atom is -0.507 e. The summed E-state index contributed by atoms with van der Waals surface area (Å²) >= 11 is 0. The van der Waals surface area contributed by atoms with Crippen molar-refractivity contribution in [1.82, 2.24) is 0 Å². The van der Waals surface area contributed by atoms with Crippen LogP contribution < -0.4 is 0 Å². The molecule has 3 heterocycles. The molecule has 14 heteroatoms. The maximum Gasteiger partial charge on any atom is 0.340 e. The lowest BCUT2D eigenvalue weighted by atomic mass is 9.77. The fourth-order valence-electron chi connectivity index (χ4n) is 7.95. The van der Waals surface area contributed by atoms with Crippen LogP contribution in [0.4, 0.5) is 0 Å². The Kier molecular flexibility index (Phi) is 15.3. The highest BCUT2D eigenvalue weighted by Crippen LogP contribution is 2.51. The van der Waals surface area contributed by atoms with Crippen molar-refractivity contribution in [1.29, 1.82) is 0 Å². The maximum absolute atomic E-state index is 14.5. The summed E-state index contributed by atoms with van der Waals surface area (Å²) in [5.74, 6) is -0.527. The molecule has 0 atom stereocenters. The Morgan fingerprint density at radius 3 is 1.06 bits per heavy atom. The molecule has 0 saturated carbocycles. The van der Waals surface area contributed by atoms with Gasteiger partial charge in [-0.05, 0) is 70.1 Å². The van der Waals surface area contributed by atoms with Gasteiger partial charge in [0.05, 0.1) is 138 Å². The van der Waals surface area contributed by atoms with E-state index in [0.717, 1.165) is 21.5 Å². The Morgan fingerprint density at radius 2 is 0.710 bits per heavy atom. The van der Waals surface area contributed by atoms with E-state index in [-0.39, 0.29) is 64.4 Å². The molecule has 0 unspecified atom stereocenters. The number of aromatic hydroxyl groups is 2. The number of ether oxygens (including phenoxy) is 11. The number of esters is 1. The van der Waals surface area contributed by atoms with Crippen LogP contribution in [0.25, 0.3) is 21.5 Å². The molecule has 8 rings (SSSR count). The third-order valence-corrected chi connectivity index (χ3v) is 11.0. The first-order chi connectivity index (χ1) is 30.5. The number of hydrogen-bond donors (Lipinski definition) is 2. The van der Waals surface area contributed by atoms with Gasteiger partial charge < -0.3 is 62.3 Å². The minimum atomic E-state index is -1.59. The predicted octanol–water partition coefficient (Wildman–Crippen LogP) is 6.06. The standard InChI is InChI=1S/C48H54O14/c49-45-37-23-41(24-38(45)30-59-18-14-55-10-6-52-5-9-54-13-17-58-29-37)48(44-28-36-22-34-4-2-1-3-33(34)21-35(36)27-43(44)47(51)62-48)42-25-39-31-60-19-15-56-11-7-53-8-12-57-16-20-61-32-40(26-42)46(39)50/h1-4,21-28,49-50H,5-20,29-32H2. The molecule has 0 radical (unpaired) electrons. The van der Waals surface area contributed by atoms with Gasteiger partial charge in [0.2, 0.25) is 0 Å². The second kappa shape index (κ2) is 21.6. The van der Waals surface area contributed by atoms with Crippen LogP contribution in [0.5, 0.6) is 11.5 Å². The van der Waals surface area contributed by atoms with E-state index >= 15 is 0 Å². The summed E-state index contributed by atoms with van der Waals surface area (Å²) in [6, 6.07) is 23.4. The first-order valence-corrected chi connectivity index (χ1v) is 21.2. The van der Waals surface area contributed by atoms with Crippen LogP contribution in [-0.2, 0) is 84.1 Å². The van der Waals surface area contributed by atoms with E-state index in [9.17, 15) is 15.0 Å². The highest BCUT2D eigenvalue weighted by Gasteiger charge is 2.50. The molecule has 0 aliphatic carbocycles. The van der Waals surface area contributed by atoms with Gasteiger partial charge in [-0.1, -0.05) is 24.3 Å². The normalized spacial score (nSPS) is 19.7. The third-order valence-electron chi connectivity index (χ3n) is 11.0. The van der Waals surface area contributed by atoms with Crippen LogP contribution in [0.2, 0.25) is 0 Å². The van der Waals surface area contributed by atoms with Crippen molar-refractivity contribution >= 4 is 27.5 Å². The molecule has 2 N–H and O–H groups in total. The van der Waals surface area contributed by atoms with Gasteiger partial charge in [-0.25, -0.2) is 4.79 Å². The molecular weight excluding hydrogens is 801 g/mol. The lowest BCUT2D eigenvalue weighted by Gasteiger charge is -2.33. The largest absolute Gasteiger partial charge is 0.507 e. The fourth-order valence-corrected chi connectivity index (χ4v) is 7.95. The smallest absolute Gasteiger partial charge is 0.340 e. The molecule has 0 fully saturated rings. The van der Waals surface area contributed by atoms with Crippen LogP contribution in [0, 0.1) is 0 Å². The Morgan fingerprint density at radius 1 is 0.387 bits per heavy atom. The summed E-state index contributed by atoms with van der Waals surface area (Å²) in [7, 11) is 0. The molecule has 3 aliphatic rings. The van der Waals surface area contributed by atoms with Crippen LogP contribution in [0.3, 0.4) is 0 Å². The number of carbonyl (C=O) groups excluding carboxylic acids is 1. The molecule has 62 heavy (non-hydrogen) atoms. The van der Waals surface area contributed by atoms with Gasteiger partial charge in [-0.3, -0.25) is 0 Å². The quantitative estimate of drug-likeness (QED) is 0.156. The fraction of sp³-hybridized carbons (Fsp3) is 0.438. The molecule has 5 aromatic carbocycles. The van der Waals surface area contributed by atoms with E-state index in [2.05, 4.69) is 18.2 Å². The zero-order valence-electron chi connectivity index (χ0n) is 34.9. The predicted molar refractivity (Wildman–Crippen MR) is 227 cm³/mol. The second-order valence-electron chi connectivity index (χ2n) is 15.2. The average molecular weight is 855 g/mol. The summed E-state index contributed by atoms with van der Waals surface area (Å²) in [5.41, 5.74) is 2.32.